The Kier molecular flexibility index (Phi) is 9.99. The van der Waals surface area contributed by atoms with Crippen molar-refractivity contribution in [3.63, 3.8) is 0 Å². The molecule has 4 heteroatoms. The van der Waals surface area contributed by atoms with Gasteiger partial charge in [0.25, 0.3) is 0 Å². The van der Waals surface area contributed by atoms with Gasteiger partial charge in [0.15, 0.2) is 0 Å². The lowest BCUT2D eigenvalue weighted by atomic mass is 10.1. The lowest BCUT2D eigenvalue weighted by molar-refractivity contribution is 0.0409. The molecule has 2 aromatic rings. The van der Waals surface area contributed by atoms with Gasteiger partial charge in [-0.05, 0) is 35.1 Å². The number of unbranched alkanes of at least 4 members (excludes halogenated alkanes) is 9. The Morgan fingerprint density at radius 1 is 0.529 bits per heavy atom. The first-order chi connectivity index (χ1) is 16.7. The van der Waals surface area contributed by atoms with Gasteiger partial charge in [-0.2, -0.15) is 0 Å². The topological polar surface area (TPSA) is 70.5 Å². The molecule has 0 fully saturated rings. The molecular weight excluding hydrogens is 420 g/mol. The summed E-state index contributed by atoms with van der Waals surface area (Å²) in [5, 5.41) is 0. The molecule has 186 valence electrons. The van der Waals surface area contributed by atoms with Gasteiger partial charge in [0.05, 0.1) is 24.3 Å². The van der Waals surface area contributed by atoms with E-state index in [2.05, 4.69) is 48.5 Å². The van der Waals surface area contributed by atoms with Crippen LogP contribution in [-0.2, 0) is 22.3 Å². The third-order valence-corrected chi connectivity index (χ3v) is 7.67. The van der Waals surface area contributed by atoms with Gasteiger partial charge in [0.1, 0.15) is 0 Å². The lowest BCUT2D eigenvalue weighted by Gasteiger charge is -2.17. The van der Waals surface area contributed by atoms with Crippen LogP contribution in [0.15, 0.2) is 48.5 Å². The normalized spacial score (nSPS) is 23.2. The summed E-state index contributed by atoms with van der Waals surface area (Å²) in [5.41, 5.74) is 18.0. The monoisotopic (exact) mass is 464 g/mol. The number of ether oxygens (including phenoxy) is 2. The Morgan fingerprint density at radius 2 is 0.882 bits per heavy atom. The van der Waals surface area contributed by atoms with Crippen LogP contribution in [0.2, 0.25) is 0 Å². The van der Waals surface area contributed by atoms with E-state index in [9.17, 15) is 0 Å². The minimum absolute atomic E-state index is 0.0418. The highest BCUT2D eigenvalue weighted by Crippen LogP contribution is 2.32. The molecular formula is C30H44N2O2. The number of rotatable bonds is 15. The van der Waals surface area contributed by atoms with E-state index in [-0.39, 0.29) is 24.3 Å². The molecule has 4 rings (SSSR count). The molecule has 34 heavy (non-hydrogen) atoms. The maximum Gasteiger partial charge on any atom is 0.0808 e. The molecule has 0 saturated carbocycles. The molecule has 0 aliphatic heterocycles. The predicted octanol–water partition coefficient (Wildman–Crippen LogP) is 6.17. The summed E-state index contributed by atoms with van der Waals surface area (Å²) >= 11 is 0. The highest BCUT2D eigenvalue weighted by Gasteiger charge is 2.30. The molecule has 0 spiro atoms. The third kappa shape index (κ3) is 6.91. The van der Waals surface area contributed by atoms with Gasteiger partial charge in [-0.25, -0.2) is 0 Å². The van der Waals surface area contributed by atoms with E-state index in [1.807, 2.05) is 0 Å². The van der Waals surface area contributed by atoms with Crippen molar-refractivity contribution in [3.05, 3.63) is 70.8 Å². The molecule has 0 saturated heterocycles. The second-order valence-corrected chi connectivity index (χ2v) is 10.2. The summed E-state index contributed by atoms with van der Waals surface area (Å²) in [4.78, 5) is 0. The van der Waals surface area contributed by atoms with Crippen LogP contribution >= 0.6 is 0 Å². The summed E-state index contributed by atoms with van der Waals surface area (Å²) in [6.45, 7) is 1.68. The van der Waals surface area contributed by atoms with Gasteiger partial charge in [0, 0.05) is 26.1 Å². The van der Waals surface area contributed by atoms with Gasteiger partial charge in [-0.3, -0.25) is 0 Å². The third-order valence-electron chi connectivity index (χ3n) is 7.67. The summed E-state index contributed by atoms with van der Waals surface area (Å²) in [6.07, 6.45) is 15.1. The Hall–Kier alpha value is -1.72. The van der Waals surface area contributed by atoms with Crippen LogP contribution < -0.4 is 11.5 Å². The first-order valence-electron chi connectivity index (χ1n) is 13.6. The number of benzene rings is 2. The van der Waals surface area contributed by atoms with E-state index >= 15 is 0 Å². The number of hydrogen-bond acceptors (Lipinski definition) is 4. The largest absolute Gasteiger partial charge is 0.376 e. The highest BCUT2D eigenvalue weighted by atomic mass is 16.5. The number of nitrogens with two attached hydrogens (primary N) is 2. The Bertz CT molecular complexity index is 799. The molecule has 4 N–H and O–H groups in total. The van der Waals surface area contributed by atoms with Crippen molar-refractivity contribution in [1.82, 2.24) is 0 Å². The average molecular weight is 465 g/mol. The molecule has 4 atom stereocenters. The first-order valence-corrected chi connectivity index (χ1v) is 13.6. The van der Waals surface area contributed by atoms with Crippen molar-refractivity contribution in [3.8, 4) is 0 Å². The van der Waals surface area contributed by atoms with Crippen molar-refractivity contribution < 1.29 is 9.47 Å². The fourth-order valence-electron chi connectivity index (χ4n) is 5.59. The zero-order chi connectivity index (χ0) is 23.6. The molecule has 0 aromatic heterocycles. The minimum Gasteiger partial charge on any atom is -0.376 e. The highest BCUT2D eigenvalue weighted by molar-refractivity contribution is 5.37. The van der Waals surface area contributed by atoms with Gasteiger partial charge in [-0.15, -0.1) is 0 Å². The van der Waals surface area contributed by atoms with Crippen LogP contribution in [0.5, 0.6) is 0 Å². The summed E-state index contributed by atoms with van der Waals surface area (Å²) in [6, 6.07) is 17.1. The maximum atomic E-state index is 6.35. The molecule has 4 nitrogen and oxygen atoms in total. The van der Waals surface area contributed by atoms with Crippen molar-refractivity contribution in [1.29, 1.82) is 0 Å². The van der Waals surface area contributed by atoms with E-state index in [1.54, 1.807) is 0 Å². The van der Waals surface area contributed by atoms with Gasteiger partial charge >= 0.3 is 0 Å². The van der Waals surface area contributed by atoms with Crippen molar-refractivity contribution in [2.24, 2.45) is 11.5 Å². The molecule has 0 heterocycles. The zero-order valence-electron chi connectivity index (χ0n) is 20.8. The van der Waals surface area contributed by atoms with Crippen LogP contribution in [0, 0.1) is 0 Å². The standard InChI is InChI=1S/C30H44N2O2/c31-29-25-17-11-9-15-23(25)21-27(29)33-19-13-7-5-3-1-2-4-6-8-14-20-34-28-22-24-16-10-12-18-26(24)30(28)32/h9-12,15-18,27-30H,1-8,13-14,19-22,31-32H2/t27-,28-,29+,30+/m1/s1. The summed E-state index contributed by atoms with van der Waals surface area (Å²) in [7, 11) is 0. The van der Waals surface area contributed by atoms with E-state index in [0.29, 0.717) is 0 Å². The SMILES string of the molecule is N[C@H]1c2ccccc2C[C@H]1OCCCCCCCCCCCCO[C@@H]1Cc2ccccc2[C@@H]1N. The predicted molar refractivity (Wildman–Crippen MR) is 140 cm³/mol. The second kappa shape index (κ2) is 13.4. The molecule has 2 aliphatic carbocycles. The number of hydrogen-bond donors (Lipinski definition) is 2. The molecule has 0 unspecified atom stereocenters. The van der Waals surface area contributed by atoms with Crippen LogP contribution in [0.3, 0.4) is 0 Å². The van der Waals surface area contributed by atoms with Crippen molar-refractivity contribution >= 4 is 0 Å². The first kappa shape index (κ1) is 25.4. The summed E-state index contributed by atoms with van der Waals surface area (Å²) in [5.74, 6) is 0. The van der Waals surface area contributed by atoms with E-state index in [0.717, 1.165) is 38.9 Å². The lowest BCUT2D eigenvalue weighted by Crippen LogP contribution is -2.25. The van der Waals surface area contributed by atoms with Gasteiger partial charge < -0.3 is 20.9 Å². The Balaban J connectivity index is 0.916. The maximum absolute atomic E-state index is 6.35. The smallest absolute Gasteiger partial charge is 0.0808 e. The van der Waals surface area contributed by atoms with Crippen LogP contribution in [0.4, 0.5) is 0 Å². The molecule has 0 amide bonds. The Morgan fingerprint density at radius 3 is 1.26 bits per heavy atom. The average Bonchev–Trinajstić information content (AvgIpc) is 3.36. The summed E-state index contributed by atoms with van der Waals surface area (Å²) < 4.78 is 12.2. The van der Waals surface area contributed by atoms with Crippen LogP contribution in [0.25, 0.3) is 0 Å². The molecule has 0 bridgehead atoms. The molecule has 2 aliphatic rings. The van der Waals surface area contributed by atoms with E-state index < -0.39 is 0 Å². The van der Waals surface area contributed by atoms with Crippen molar-refractivity contribution in [2.45, 2.75) is 101 Å². The fraction of sp³-hybridized carbons (Fsp3) is 0.600. The van der Waals surface area contributed by atoms with Gasteiger partial charge in [-0.1, -0.05) is 99.9 Å². The van der Waals surface area contributed by atoms with E-state index in [4.69, 9.17) is 20.9 Å². The Labute approximate surface area is 206 Å². The second-order valence-electron chi connectivity index (χ2n) is 10.2. The minimum atomic E-state index is 0.0418. The van der Waals surface area contributed by atoms with Gasteiger partial charge in [0.2, 0.25) is 0 Å². The number of fused-ring (bicyclic) bond motifs is 2. The van der Waals surface area contributed by atoms with Crippen LogP contribution in [0.1, 0.15) is 98.5 Å². The molecule has 2 aromatic carbocycles. The fourth-order valence-corrected chi connectivity index (χ4v) is 5.59. The quantitative estimate of drug-likeness (QED) is 0.309. The van der Waals surface area contributed by atoms with Crippen LogP contribution in [-0.4, -0.2) is 25.4 Å². The molecule has 0 radical (unpaired) electrons. The van der Waals surface area contributed by atoms with E-state index in [1.165, 1.54) is 73.6 Å². The van der Waals surface area contributed by atoms with Crippen molar-refractivity contribution in [2.75, 3.05) is 13.2 Å². The zero-order valence-corrected chi connectivity index (χ0v) is 20.8.